The Labute approximate surface area is 470 Å². The van der Waals surface area contributed by atoms with E-state index in [1.165, 1.54) is 18.2 Å². The summed E-state index contributed by atoms with van der Waals surface area (Å²) < 4.78 is 141. The number of aromatic nitrogens is 4. The predicted molar refractivity (Wildman–Crippen MR) is 301 cm³/mol. The standard InChI is InChI=1S/C68H60N4O.Pt/c1-42-20-18-21-43(2)63(42)44-34-56-52-26-14-12-24-50(52)51-25-13-15-27-53(51)57-36-46(67(6,7)8)37-61-65(57)71(64(56)58(35-44)68(9,10)11)41-70(61)47-22-19-23-48(39-47)73-49-30-31-55-54-28-16-17-29-59(54)72(60(55)40-49)62-38-45(32-33-69-62)66(3,4)5;/h12-38H,1-11H3;/q-2;/i1D3,2D3,12D,13D,14D,15D,24D,25D,26D,27D;. The van der Waals surface area contributed by atoms with Gasteiger partial charge in [0, 0.05) is 52.5 Å². The molecule has 12 rings (SSSR count). The molecule has 0 N–H and O–H groups in total. The van der Waals surface area contributed by atoms with Crippen molar-refractivity contribution in [2.24, 2.45) is 0 Å². The van der Waals surface area contributed by atoms with Gasteiger partial charge in [0.05, 0.1) is 27.7 Å². The van der Waals surface area contributed by atoms with Gasteiger partial charge in [-0.15, -0.1) is 29.7 Å². The van der Waals surface area contributed by atoms with E-state index in [4.69, 9.17) is 17.9 Å². The van der Waals surface area contributed by atoms with Crippen LogP contribution in [0.5, 0.6) is 11.5 Å². The van der Waals surface area contributed by atoms with Crippen LogP contribution in [-0.2, 0) is 37.3 Å². The van der Waals surface area contributed by atoms with Crippen molar-refractivity contribution in [1.29, 1.82) is 0 Å². The Bertz CT molecular complexity index is 4720. The van der Waals surface area contributed by atoms with Crippen LogP contribution in [0.25, 0.3) is 94.5 Å². The summed E-state index contributed by atoms with van der Waals surface area (Å²) in [6.45, 7) is 12.6. The molecule has 0 radical (unpaired) electrons. The van der Waals surface area contributed by atoms with E-state index in [9.17, 15) is 11.0 Å². The maximum absolute atomic E-state index is 9.95. The third-order valence-electron chi connectivity index (χ3n) is 13.9. The molecule has 0 bridgehead atoms. The fraction of sp³-hybridized carbons (Fsp3) is 0.206. The molecule has 1 aliphatic rings. The van der Waals surface area contributed by atoms with Crippen LogP contribution in [0.1, 0.15) is 109 Å². The smallest absolute Gasteiger partial charge is 0.268 e. The normalized spacial score (nSPS) is 15.5. The molecule has 0 spiro atoms. The van der Waals surface area contributed by atoms with Crippen LogP contribution in [0.4, 0.5) is 0 Å². The zero-order valence-electron chi connectivity index (χ0n) is 56.5. The number of pyridine rings is 1. The Morgan fingerprint density at radius 3 is 1.91 bits per heavy atom. The number of ether oxygens (including phenoxy) is 1. The van der Waals surface area contributed by atoms with E-state index >= 15 is 0 Å². The van der Waals surface area contributed by atoms with E-state index in [1.54, 1.807) is 27.3 Å². The van der Waals surface area contributed by atoms with Crippen molar-refractivity contribution in [2.75, 3.05) is 0 Å². The molecule has 8 aromatic carbocycles. The maximum Gasteiger partial charge on any atom is 0.268 e. The minimum Gasteiger partial charge on any atom is -0.510 e. The number of fused-ring (bicyclic) bond motifs is 10. The van der Waals surface area contributed by atoms with E-state index in [1.807, 2.05) is 102 Å². The molecule has 1 aliphatic heterocycles. The van der Waals surface area contributed by atoms with E-state index < -0.39 is 72.9 Å². The summed E-state index contributed by atoms with van der Waals surface area (Å²) in [6, 6.07) is 35.0. The number of nitrogens with zero attached hydrogens (tertiary/aromatic N) is 4. The Morgan fingerprint density at radius 1 is 0.581 bits per heavy atom. The first-order valence-electron chi connectivity index (χ1n) is 31.4. The number of hydrogen-bond acceptors (Lipinski definition) is 2. The SMILES string of the molecule is [2H]c1c([2H])c([2H])c2c(c1[2H])-c1cc(-c3c(C([2H])([2H])[2H])cccc3C([2H])([2H])[2H])cc(C(C)(C)C)c1-[n+]1[c-]n(-c3[c-]c(Oc4[c-]c5c(cc4)c4ccccc4n5-c4cc(C(C)(C)C)ccn4)ccc3)c3cc(C(C)(C)C)cc(c31)-c1c([2H])c([2H])c([2H])c([2H])c1-2.[Pt]. The number of para-hydroxylation sites is 1. The molecule has 0 unspecified atom stereocenters. The average Bonchev–Trinajstić information content (AvgIpc) is 1.43. The molecule has 0 amide bonds. The summed E-state index contributed by atoms with van der Waals surface area (Å²) >= 11 is 0. The van der Waals surface area contributed by atoms with Crippen molar-refractivity contribution < 1.29 is 49.6 Å². The van der Waals surface area contributed by atoms with Crippen molar-refractivity contribution in [3.8, 4) is 73.2 Å². The molecule has 6 heteroatoms. The summed E-state index contributed by atoms with van der Waals surface area (Å²) in [5.74, 6) is 1.41. The Morgan fingerprint density at radius 2 is 1.23 bits per heavy atom. The van der Waals surface area contributed by atoms with Gasteiger partial charge in [-0.1, -0.05) is 165 Å². The average molecular weight is 1160 g/mol. The summed E-state index contributed by atoms with van der Waals surface area (Å²) in [6.07, 6.45) is 5.46. The maximum atomic E-state index is 9.95. The first-order valence-corrected chi connectivity index (χ1v) is 24.4. The first kappa shape index (κ1) is 35.0. The first-order chi connectivity index (χ1) is 40.7. The van der Waals surface area contributed by atoms with Gasteiger partial charge in [-0.25, -0.2) is 4.98 Å². The minimum atomic E-state index is -2.84. The van der Waals surface area contributed by atoms with Crippen molar-refractivity contribution in [3.63, 3.8) is 0 Å². The largest absolute Gasteiger partial charge is 0.510 e. The fourth-order valence-electron chi connectivity index (χ4n) is 10.2. The van der Waals surface area contributed by atoms with E-state index in [0.29, 0.717) is 39.5 Å². The molecule has 11 aromatic rings. The number of benzene rings is 8. The zero-order chi connectivity index (χ0) is 62.7. The van der Waals surface area contributed by atoms with Crippen LogP contribution >= 0.6 is 0 Å². The van der Waals surface area contributed by atoms with Crippen molar-refractivity contribution >= 4 is 32.8 Å². The van der Waals surface area contributed by atoms with Crippen molar-refractivity contribution in [1.82, 2.24) is 14.1 Å². The molecular weight excluding hydrogens is 1080 g/mol. The quantitative estimate of drug-likeness (QED) is 0.127. The molecular formula is C68H60N4OPt-2. The number of imidazole rings is 1. The molecule has 0 saturated heterocycles. The van der Waals surface area contributed by atoms with Gasteiger partial charge >= 0.3 is 0 Å². The molecule has 4 heterocycles. The third kappa shape index (κ3) is 8.21. The van der Waals surface area contributed by atoms with Gasteiger partial charge in [0.25, 0.3) is 6.33 Å². The van der Waals surface area contributed by atoms with Gasteiger partial charge in [0.15, 0.2) is 0 Å². The van der Waals surface area contributed by atoms with E-state index in [0.717, 1.165) is 38.8 Å². The van der Waals surface area contributed by atoms with Gasteiger partial charge in [-0.3, -0.25) is 4.57 Å². The number of rotatable bonds is 5. The second kappa shape index (κ2) is 18.0. The van der Waals surface area contributed by atoms with E-state index in [2.05, 4.69) is 62.0 Å². The van der Waals surface area contributed by atoms with Crippen molar-refractivity contribution in [3.05, 3.63) is 210 Å². The van der Waals surface area contributed by atoms with Crippen LogP contribution in [-0.4, -0.2) is 14.1 Å². The Kier molecular flexibility index (Phi) is 8.49. The monoisotopic (exact) mass is 1160 g/mol. The molecule has 74 heavy (non-hydrogen) atoms. The summed E-state index contributed by atoms with van der Waals surface area (Å²) in [5, 5.41) is 1.96. The van der Waals surface area contributed by atoms with Gasteiger partial charge in [-0.05, 0) is 144 Å². The number of aryl methyl sites for hydroxylation is 2. The molecule has 0 saturated carbocycles. The van der Waals surface area contributed by atoms with Gasteiger partial charge in [0.2, 0.25) is 0 Å². The second-order valence-electron chi connectivity index (χ2n) is 21.9. The Balaban J connectivity index is 0.00000800. The van der Waals surface area contributed by atoms with Gasteiger partial charge < -0.3 is 13.9 Å². The molecule has 3 aromatic heterocycles. The molecule has 0 aliphatic carbocycles. The predicted octanol–water partition coefficient (Wildman–Crippen LogP) is 17.1. The summed E-state index contributed by atoms with van der Waals surface area (Å²) in [5.41, 5.74) is 3.03. The van der Waals surface area contributed by atoms with Gasteiger partial charge in [0.1, 0.15) is 5.82 Å². The summed E-state index contributed by atoms with van der Waals surface area (Å²) in [4.78, 5) is 4.84. The molecule has 370 valence electrons. The van der Waals surface area contributed by atoms with Gasteiger partial charge in [-0.2, -0.15) is 18.2 Å². The third-order valence-corrected chi connectivity index (χ3v) is 13.9. The number of hydrogen-bond donors (Lipinski definition) is 0. The van der Waals surface area contributed by atoms with E-state index in [-0.39, 0.29) is 82.1 Å². The van der Waals surface area contributed by atoms with Crippen molar-refractivity contribution in [2.45, 2.75) is 92.3 Å². The second-order valence-corrected chi connectivity index (χ2v) is 21.9. The van der Waals surface area contributed by atoms with Crippen LogP contribution in [0.15, 0.2) is 164 Å². The van der Waals surface area contributed by atoms with Crippen LogP contribution < -0.4 is 9.30 Å². The fourth-order valence-corrected chi connectivity index (χ4v) is 10.2. The topological polar surface area (TPSA) is 35.9 Å². The summed E-state index contributed by atoms with van der Waals surface area (Å²) in [7, 11) is 0. The molecule has 0 atom stereocenters. The van der Waals surface area contributed by atoms with Crippen LogP contribution in [0.3, 0.4) is 0 Å². The van der Waals surface area contributed by atoms with Crippen LogP contribution in [0.2, 0.25) is 0 Å². The minimum absolute atomic E-state index is 0. The zero-order valence-corrected chi connectivity index (χ0v) is 44.8. The Hall–Kier alpha value is -7.33. The molecule has 0 fully saturated rings. The van der Waals surface area contributed by atoms with Crippen LogP contribution in [0, 0.1) is 32.2 Å². The molecule has 5 nitrogen and oxygen atoms in total.